The summed E-state index contributed by atoms with van der Waals surface area (Å²) in [6, 6.07) is 7.01. The van der Waals surface area contributed by atoms with Gasteiger partial charge in [-0.2, -0.15) is 0 Å². The molecular weight excluding hydrogens is 344 g/mol. The van der Waals surface area contributed by atoms with Crippen molar-refractivity contribution in [2.75, 3.05) is 5.32 Å². The maximum absolute atomic E-state index is 12.5. The molecule has 144 valence electrons. The lowest BCUT2D eigenvalue weighted by atomic mass is 9.82. The van der Waals surface area contributed by atoms with Gasteiger partial charge in [-0.1, -0.05) is 12.1 Å². The van der Waals surface area contributed by atoms with Crippen LogP contribution in [0.4, 0.5) is 5.69 Å². The van der Waals surface area contributed by atoms with Crippen molar-refractivity contribution in [2.45, 2.75) is 52.7 Å². The molecule has 0 radical (unpaired) electrons. The maximum Gasteiger partial charge on any atom is 0.256 e. The highest BCUT2D eigenvalue weighted by Crippen LogP contribution is 2.29. The van der Waals surface area contributed by atoms with Crippen LogP contribution in [-0.4, -0.2) is 28.2 Å². The number of benzene rings is 1. The fourth-order valence-corrected chi connectivity index (χ4v) is 2.93. The fourth-order valence-electron chi connectivity index (χ4n) is 2.93. The van der Waals surface area contributed by atoms with Gasteiger partial charge in [-0.15, -0.1) is 0 Å². The highest BCUT2D eigenvalue weighted by atomic mass is 16.3. The van der Waals surface area contributed by atoms with Crippen LogP contribution in [0.1, 0.15) is 46.1 Å². The number of nitrogens with two attached hydrogens (primary N) is 1. The molecule has 0 saturated carbocycles. The first kappa shape index (κ1) is 20.7. The quantitative estimate of drug-likeness (QED) is 0.666. The summed E-state index contributed by atoms with van der Waals surface area (Å²) < 4.78 is 0. The molecule has 27 heavy (non-hydrogen) atoms. The molecular formula is C21H26N2O4. The Balaban J connectivity index is 2.08. The Bertz CT molecular complexity index is 845. The molecule has 0 aliphatic heterocycles. The molecule has 6 nitrogen and oxygen atoms in total. The number of allylic oxidation sites excluding steroid dienone is 4. The van der Waals surface area contributed by atoms with Crippen LogP contribution < -0.4 is 11.1 Å². The Morgan fingerprint density at radius 2 is 1.59 bits per heavy atom. The van der Waals surface area contributed by atoms with Gasteiger partial charge < -0.3 is 16.2 Å². The number of anilines is 1. The number of rotatable bonds is 6. The number of hydrogen-bond acceptors (Lipinski definition) is 5. The van der Waals surface area contributed by atoms with Crippen molar-refractivity contribution in [3.8, 4) is 0 Å². The molecule has 0 unspecified atom stereocenters. The van der Waals surface area contributed by atoms with Gasteiger partial charge >= 0.3 is 0 Å². The van der Waals surface area contributed by atoms with Crippen LogP contribution in [0, 0.1) is 0 Å². The summed E-state index contributed by atoms with van der Waals surface area (Å²) in [4.78, 5) is 37.1. The molecule has 0 aromatic heterocycles. The molecule has 0 fully saturated rings. The molecule has 0 spiro atoms. The molecule has 1 aromatic rings. The van der Waals surface area contributed by atoms with E-state index in [0.29, 0.717) is 34.5 Å². The first-order chi connectivity index (χ1) is 12.6. The largest absolute Gasteiger partial charge is 0.380 e. The molecule has 6 heteroatoms. The van der Waals surface area contributed by atoms with Gasteiger partial charge in [0.1, 0.15) is 5.60 Å². The van der Waals surface area contributed by atoms with Crippen molar-refractivity contribution < 1.29 is 19.5 Å². The van der Waals surface area contributed by atoms with Gasteiger partial charge in [-0.05, 0) is 58.2 Å². The first-order valence-electron chi connectivity index (χ1n) is 8.88. The summed E-state index contributed by atoms with van der Waals surface area (Å²) in [6.45, 7) is 6.67. The lowest BCUT2D eigenvalue weighted by Gasteiger charge is -2.25. The number of nitrogens with one attached hydrogen (secondary N) is 1. The second kappa shape index (κ2) is 7.98. The number of hydrogen-bond donors (Lipinski definition) is 3. The van der Waals surface area contributed by atoms with Gasteiger partial charge in [0.2, 0.25) is 0 Å². The lowest BCUT2D eigenvalue weighted by Crippen LogP contribution is -2.40. The second-order valence-corrected chi connectivity index (χ2v) is 7.14. The molecule has 1 amide bonds. The summed E-state index contributed by atoms with van der Waals surface area (Å²) >= 11 is 0. The van der Waals surface area contributed by atoms with Crippen LogP contribution >= 0.6 is 0 Å². The average molecular weight is 370 g/mol. The minimum absolute atomic E-state index is 0.0255. The number of amides is 1. The number of Topliss-reactive ketones (excluding diaryl/α,β-unsaturated/α-hetero) is 2. The third-order valence-electron chi connectivity index (χ3n) is 5.11. The standard InChI is InChI=1S/C21H26N2O4/c1-12-13(2)19(25)17(14(3)18(12)24)9-10-21(4,27)20(26)23-16-7-5-15(11-22)6-8-16/h5-8,27H,9-11,22H2,1-4H3,(H,23,26)/t21-/m0/s1. The Labute approximate surface area is 159 Å². The molecule has 4 N–H and O–H groups in total. The summed E-state index contributed by atoms with van der Waals surface area (Å²) in [5.41, 5.74) is 6.96. The van der Waals surface area contributed by atoms with Crippen molar-refractivity contribution in [2.24, 2.45) is 5.73 Å². The fraction of sp³-hybridized carbons (Fsp3) is 0.381. The predicted octanol–water partition coefficient (Wildman–Crippen LogP) is 2.42. The van der Waals surface area contributed by atoms with Gasteiger partial charge in [0.25, 0.3) is 5.91 Å². The Morgan fingerprint density at radius 1 is 1.04 bits per heavy atom. The summed E-state index contributed by atoms with van der Waals surface area (Å²) in [6.07, 6.45) is 0.172. The van der Waals surface area contributed by atoms with Crippen LogP contribution in [0.2, 0.25) is 0 Å². The Hall–Kier alpha value is -2.57. The van der Waals surface area contributed by atoms with Crippen molar-refractivity contribution in [3.63, 3.8) is 0 Å². The number of aliphatic hydroxyl groups is 1. The minimum atomic E-state index is -1.69. The zero-order valence-electron chi connectivity index (χ0n) is 16.2. The van der Waals surface area contributed by atoms with E-state index < -0.39 is 11.5 Å². The molecule has 1 aliphatic rings. The molecule has 1 aliphatic carbocycles. The first-order valence-corrected chi connectivity index (χ1v) is 8.88. The van der Waals surface area contributed by atoms with E-state index in [1.165, 1.54) is 6.92 Å². The van der Waals surface area contributed by atoms with Crippen LogP contribution in [0.3, 0.4) is 0 Å². The average Bonchev–Trinajstić information content (AvgIpc) is 2.65. The molecule has 1 aromatic carbocycles. The number of carbonyl (C=O) groups is 3. The highest BCUT2D eigenvalue weighted by molar-refractivity contribution is 6.24. The molecule has 0 bridgehead atoms. The van der Waals surface area contributed by atoms with Crippen LogP contribution in [0.15, 0.2) is 46.6 Å². The maximum atomic E-state index is 12.5. The van der Waals surface area contributed by atoms with E-state index in [0.717, 1.165) is 5.56 Å². The Morgan fingerprint density at radius 3 is 2.15 bits per heavy atom. The highest BCUT2D eigenvalue weighted by Gasteiger charge is 2.33. The Kier molecular flexibility index (Phi) is 6.13. The summed E-state index contributed by atoms with van der Waals surface area (Å²) in [5.74, 6) is -0.927. The van der Waals surface area contributed by atoms with Crippen molar-refractivity contribution in [1.29, 1.82) is 0 Å². The van der Waals surface area contributed by atoms with E-state index in [4.69, 9.17) is 5.73 Å². The molecule has 1 atom stereocenters. The van der Waals surface area contributed by atoms with E-state index in [9.17, 15) is 19.5 Å². The van der Waals surface area contributed by atoms with E-state index >= 15 is 0 Å². The smallest absolute Gasteiger partial charge is 0.256 e. The van der Waals surface area contributed by atoms with E-state index in [-0.39, 0.29) is 24.4 Å². The monoisotopic (exact) mass is 370 g/mol. The summed E-state index contributed by atoms with van der Waals surface area (Å²) in [7, 11) is 0. The van der Waals surface area contributed by atoms with E-state index in [1.54, 1.807) is 45.0 Å². The molecule has 0 heterocycles. The topological polar surface area (TPSA) is 109 Å². The van der Waals surface area contributed by atoms with E-state index in [2.05, 4.69) is 5.32 Å². The van der Waals surface area contributed by atoms with Crippen molar-refractivity contribution >= 4 is 23.2 Å². The van der Waals surface area contributed by atoms with Crippen LogP contribution in [0.5, 0.6) is 0 Å². The van der Waals surface area contributed by atoms with Crippen LogP contribution in [0.25, 0.3) is 0 Å². The zero-order chi connectivity index (χ0) is 20.4. The third kappa shape index (κ3) is 4.40. The van der Waals surface area contributed by atoms with Crippen molar-refractivity contribution in [3.05, 3.63) is 52.1 Å². The molecule has 2 rings (SSSR count). The van der Waals surface area contributed by atoms with Gasteiger partial charge in [0.05, 0.1) is 0 Å². The van der Waals surface area contributed by atoms with Gasteiger partial charge in [-0.3, -0.25) is 14.4 Å². The zero-order valence-corrected chi connectivity index (χ0v) is 16.2. The lowest BCUT2D eigenvalue weighted by molar-refractivity contribution is -0.133. The SMILES string of the molecule is CC1=C(C)C(=O)C(CC[C@](C)(O)C(=O)Nc2ccc(CN)cc2)=C(C)C1=O. The van der Waals surface area contributed by atoms with Crippen LogP contribution in [-0.2, 0) is 20.9 Å². The van der Waals surface area contributed by atoms with E-state index in [1.807, 2.05) is 0 Å². The second-order valence-electron chi connectivity index (χ2n) is 7.14. The van der Waals surface area contributed by atoms with Crippen molar-refractivity contribution in [1.82, 2.24) is 0 Å². The minimum Gasteiger partial charge on any atom is -0.380 e. The third-order valence-corrected chi connectivity index (χ3v) is 5.11. The summed E-state index contributed by atoms with van der Waals surface area (Å²) in [5, 5.41) is 13.2. The number of ketones is 2. The normalized spacial score (nSPS) is 17.3. The number of carbonyl (C=O) groups excluding carboxylic acids is 3. The molecule has 0 saturated heterocycles. The van der Waals surface area contributed by atoms with Gasteiger partial charge in [0.15, 0.2) is 11.6 Å². The predicted molar refractivity (Wildman–Crippen MR) is 104 cm³/mol. The van der Waals surface area contributed by atoms with Gasteiger partial charge in [-0.25, -0.2) is 0 Å². The van der Waals surface area contributed by atoms with Gasteiger partial charge in [0, 0.05) is 34.5 Å².